The molecule has 2 heterocycles. The highest BCUT2D eigenvalue weighted by atomic mass is 32.1. The van der Waals surface area contributed by atoms with Crippen molar-refractivity contribution in [2.45, 2.75) is 19.9 Å². The molecule has 7 heteroatoms. The fraction of sp³-hybridized carbons (Fsp3) is 0.250. The number of thiophene rings is 1. The second-order valence-corrected chi connectivity index (χ2v) is 5.99. The van der Waals surface area contributed by atoms with Crippen LogP contribution in [-0.4, -0.2) is 27.6 Å². The Hall–Kier alpha value is -2.54. The minimum Gasteiger partial charge on any atom is -0.464 e. The van der Waals surface area contributed by atoms with E-state index >= 15 is 0 Å². The lowest BCUT2D eigenvalue weighted by atomic mass is 10.2. The normalized spacial score (nSPS) is 12.3. The Kier molecular flexibility index (Phi) is 4.20. The van der Waals surface area contributed by atoms with Gasteiger partial charge in [0.05, 0.1) is 12.0 Å². The average Bonchev–Trinajstić information content (AvgIpc) is 3.01. The van der Waals surface area contributed by atoms with E-state index in [9.17, 15) is 9.59 Å². The van der Waals surface area contributed by atoms with Gasteiger partial charge in [0.15, 0.2) is 10.9 Å². The molecule has 0 spiro atoms. The van der Waals surface area contributed by atoms with Gasteiger partial charge in [0.2, 0.25) is 0 Å². The van der Waals surface area contributed by atoms with Crippen molar-refractivity contribution in [2.75, 3.05) is 6.61 Å². The van der Waals surface area contributed by atoms with Gasteiger partial charge in [-0.2, -0.15) is 4.68 Å². The van der Waals surface area contributed by atoms with E-state index in [2.05, 4.69) is 10.3 Å². The summed E-state index contributed by atoms with van der Waals surface area (Å²) in [7, 11) is 0. The highest BCUT2D eigenvalue weighted by molar-refractivity contribution is 7.21. The number of carbonyl (C=O) groups excluding carboxylic acids is 1. The molecule has 0 amide bonds. The topological polar surface area (TPSA) is 74.1 Å². The van der Waals surface area contributed by atoms with E-state index in [-0.39, 0.29) is 12.2 Å². The second kappa shape index (κ2) is 6.29. The maximum Gasteiger partial charge on any atom is 0.330 e. The zero-order valence-corrected chi connectivity index (χ0v) is 13.5. The van der Waals surface area contributed by atoms with Crippen LogP contribution >= 0.6 is 11.3 Å². The second-order valence-electron chi connectivity index (χ2n) is 4.96. The molecule has 2 aromatic heterocycles. The minimum absolute atomic E-state index is 0.254. The van der Waals surface area contributed by atoms with Crippen LogP contribution in [0.25, 0.3) is 20.7 Å². The van der Waals surface area contributed by atoms with Gasteiger partial charge >= 0.3 is 5.97 Å². The van der Waals surface area contributed by atoms with Gasteiger partial charge in [0.1, 0.15) is 0 Å². The van der Waals surface area contributed by atoms with Crippen molar-refractivity contribution in [2.24, 2.45) is 0 Å². The molecule has 1 aromatic carbocycles. The Labute approximate surface area is 136 Å². The first-order valence-electron chi connectivity index (χ1n) is 7.23. The predicted octanol–water partition coefficient (Wildman–Crippen LogP) is 2.64. The molecular weight excluding hydrogens is 314 g/mol. The van der Waals surface area contributed by atoms with E-state index < -0.39 is 12.0 Å². The predicted molar refractivity (Wildman–Crippen MR) is 88.5 cm³/mol. The van der Waals surface area contributed by atoms with Crippen LogP contribution in [-0.2, 0) is 9.53 Å². The van der Waals surface area contributed by atoms with Crippen molar-refractivity contribution in [1.82, 2.24) is 15.0 Å². The first-order chi connectivity index (χ1) is 11.1. The molecule has 1 unspecified atom stereocenters. The summed E-state index contributed by atoms with van der Waals surface area (Å²) in [5.41, 5.74) is 0.675. The molecule has 0 radical (unpaired) electrons. The van der Waals surface area contributed by atoms with Crippen molar-refractivity contribution in [3.05, 3.63) is 46.8 Å². The minimum atomic E-state index is -0.806. The maximum atomic E-state index is 12.6. The van der Waals surface area contributed by atoms with Crippen LogP contribution in [0.5, 0.6) is 0 Å². The zero-order chi connectivity index (χ0) is 16.4. The van der Waals surface area contributed by atoms with E-state index in [4.69, 9.17) is 4.74 Å². The lowest BCUT2D eigenvalue weighted by molar-refractivity contribution is -0.147. The molecule has 0 saturated carbocycles. The van der Waals surface area contributed by atoms with E-state index in [1.165, 1.54) is 11.3 Å². The van der Waals surface area contributed by atoms with Crippen molar-refractivity contribution in [3.63, 3.8) is 0 Å². The van der Waals surface area contributed by atoms with E-state index in [1.54, 1.807) is 19.9 Å². The van der Waals surface area contributed by atoms with Gasteiger partial charge in [-0.15, -0.1) is 16.4 Å². The van der Waals surface area contributed by atoms with Crippen LogP contribution in [0.1, 0.15) is 19.9 Å². The van der Waals surface area contributed by atoms with E-state index in [1.807, 2.05) is 30.3 Å². The summed E-state index contributed by atoms with van der Waals surface area (Å²) in [5.74, 6) is -0.498. The quantitative estimate of drug-likeness (QED) is 0.688. The van der Waals surface area contributed by atoms with Gasteiger partial charge in [-0.05, 0) is 25.5 Å². The van der Waals surface area contributed by atoms with E-state index in [0.29, 0.717) is 10.2 Å². The Balaban J connectivity index is 2.06. The summed E-state index contributed by atoms with van der Waals surface area (Å²) < 4.78 is 6.01. The number of rotatable bonds is 4. The number of hydrogen-bond donors (Lipinski definition) is 0. The highest BCUT2D eigenvalue weighted by Gasteiger charge is 2.21. The number of hydrogen-bond acceptors (Lipinski definition) is 6. The molecule has 23 heavy (non-hydrogen) atoms. The molecule has 3 rings (SSSR count). The van der Waals surface area contributed by atoms with Gasteiger partial charge in [0.25, 0.3) is 5.56 Å². The first kappa shape index (κ1) is 15.4. The number of benzene rings is 1. The lowest BCUT2D eigenvalue weighted by Gasteiger charge is -2.11. The molecule has 0 bridgehead atoms. The van der Waals surface area contributed by atoms with Gasteiger partial charge < -0.3 is 4.74 Å². The molecule has 0 aliphatic heterocycles. The third-order valence-electron chi connectivity index (χ3n) is 3.44. The summed E-state index contributed by atoms with van der Waals surface area (Å²) in [6.45, 7) is 3.54. The molecule has 1 atom stereocenters. The molecule has 0 aliphatic carbocycles. The molecular formula is C16H15N3O3S. The van der Waals surface area contributed by atoms with Gasteiger partial charge in [-0.1, -0.05) is 35.5 Å². The third-order valence-corrected chi connectivity index (χ3v) is 4.50. The Morgan fingerprint density at radius 3 is 2.78 bits per heavy atom. The lowest BCUT2D eigenvalue weighted by Crippen LogP contribution is -2.31. The number of ether oxygens (including phenoxy) is 1. The summed E-state index contributed by atoms with van der Waals surface area (Å²) in [6.07, 6.45) is 0. The maximum absolute atomic E-state index is 12.6. The van der Waals surface area contributed by atoms with Gasteiger partial charge in [-0.25, -0.2) is 4.79 Å². The fourth-order valence-electron chi connectivity index (χ4n) is 2.22. The zero-order valence-electron chi connectivity index (χ0n) is 12.7. The fourth-order valence-corrected chi connectivity index (χ4v) is 3.20. The number of fused-ring (bicyclic) bond motifs is 1. The SMILES string of the molecule is CCOC(=O)C(C)n1nnc2sc(-c3ccccc3)cc2c1=O. The van der Waals surface area contributed by atoms with Crippen LogP contribution in [0.4, 0.5) is 0 Å². The van der Waals surface area contributed by atoms with Crippen LogP contribution < -0.4 is 5.56 Å². The van der Waals surface area contributed by atoms with E-state index in [0.717, 1.165) is 15.1 Å². The monoisotopic (exact) mass is 329 g/mol. The Morgan fingerprint density at radius 1 is 1.35 bits per heavy atom. The largest absolute Gasteiger partial charge is 0.464 e. The number of aromatic nitrogens is 3. The Morgan fingerprint density at radius 2 is 2.09 bits per heavy atom. The highest BCUT2D eigenvalue weighted by Crippen LogP contribution is 2.30. The van der Waals surface area contributed by atoms with Crippen molar-refractivity contribution < 1.29 is 9.53 Å². The molecule has 0 saturated heterocycles. The smallest absolute Gasteiger partial charge is 0.330 e. The van der Waals surface area contributed by atoms with Crippen molar-refractivity contribution in [3.8, 4) is 10.4 Å². The molecule has 0 fully saturated rings. The molecule has 118 valence electrons. The number of carbonyl (C=O) groups is 1. The molecule has 6 nitrogen and oxygen atoms in total. The van der Waals surface area contributed by atoms with Gasteiger partial charge in [0, 0.05) is 4.88 Å². The Bertz CT molecular complexity index is 902. The summed E-state index contributed by atoms with van der Waals surface area (Å²) in [6, 6.07) is 10.7. The molecule has 0 N–H and O–H groups in total. The summed E-state index contributed by atoms with van der Waals surface area (Å²) >= 11 is 1.40. The van der Waals surface area contributed by atoms with Crippen LogP contribution in [0.2, 0.25) is 0 Å². The van der Waals surface area contributed by atoms with Crippen LogP contribution in [0.3, 0.4) is 0 Å². The van der Waals surface area contributed by atoms with Crippen LogP contribution in [0, 0.1) is 0 Å². The molecule has 0 aliphatic rings. The average molecular weight is 329 g/mol. The number of nitrogens with zero attached hydrogens (tertiary/aromatic N) is 3. The van der Waals surface area contributed by atoms with Crippen LogP contribution in [0.15, 0.2) is 41.2 Å². The van der Waals surface area contributed by atoms with Crippen molar-refractivity contribution >= 4 is 27.5 Å². The third kappa shape index (κ3) is 2.87. The summed E-state index contributed by atoms with van der Waals surface area (Å²) in [5, 5.41) is 8.41. The van der Waals surface area contributed by atoms with Gasteiger partial charge in [-0.3, -0.25) is 4.79 Å². The summed E-state index contributed by atoms with van der Waals surface area (Å²) in [4.78, 5) is 25.9. The standard InChI is InChI=1S/C16H15N3O3S/c1-3-22-16(21)10(2)19-15(20)12-9-13(23-14(12)17-18-19)11-7-5-4-6-8-11/h4-10H,3H2,1-2H3. The first-order valence-corrected chi connectivity index (χ1v) is 8.04. The molecule has 3 aromatic rings. The number of esters is 1. The van der Waals surface area contributed by atoms with Crippen molar-refractivity contribution in [1.29, 1.82) is 0 Å².